The number of hydrogen-bond acceptors (Lipinski definition) is 13. The Morgan fingerprint density at radius 1 is 0.389 bits per heavy atom. The van der Waals surface area contributed by atoms with E-state index in [0.717, 1.165) is 77.0 Å². The van der Waals surface area contributed by atoms with Crippen LogP contribution in [-0.2, 0) is 23.7 Å². The summed E-state index contributed by atoms with van der Waals surface area (Å²) in [4.78, 5) is 13.4. The SMILES string of the molecule is CC/C=C\C/C=C\C/C=C\C/C=C\C/C=C\C/C=C\CCCCCCCCCCCCCCC(=O)NC(COC1OC(CO)C(OC2OC(CO)C(O)C(O)C2O)C(O)C1O)C(O)/C=C/CC/C=C/CCCCCCCCCCCCCCCCCCCCCCCCCC. The van der Waals surface area contributed by atoms with Crippen LogP contribution in [0.15, 0.2) is 97.2 Å². The number of ether oxygens (including phenoxy) is 4. The topological polar surface area (TPSA) is 228 Å². The molecule has 0 bridgehead atoms. The normalized spacial score (nSPS) is 22.9. The number of unbranched alkanes of at least 4 members (excludes halogenated alkanes) is 37. The summed E-state index contributed by atoms with van der Waals surface area (Å²) >= 11 is 0. The van der Waals surface area contributed by atoms with Crippen molar-refractivity contribution in [2.24, 2.45) is 0 Å². The number of amides is 1. The zero-order valence-electron chi connectivity index (χ0n) is 60.1. The quantitative estimate of drug-likeness (QED) is 0.0204. The molecular weight excluding hydrogens is 1190 g/mol. The zero-order valence-corrected chi connectivity index (χ0v) is 60.1. The average Bonchev–Trinajstić information content (AvgIpc) is 0.801. The second-order valence-corrected chi connectivity index (χ2v) is 27.1. The summed E-state index contributed by atoms with van der Waals surface area (Å²) in [5.41, 5.74) is 0. The number of rotatable bonds is 64. The molecule has 2 heterocycles. The number of allylic oxidation sites excluding steroid dienone is 15. The van der Waals surface area contributed by atoms with E-state index in [0.29, 0.717) is 12.8 Å². The predicted octanol–water partition coefficient (Wildman–Crippen LogP) is 17.3. The van der Waals surface area contributed by atoms with E-state index in [1.807, 2.05) is 6.08 Å². The van der Waals surface area contributed by atoms with Gasteiger partial charge in [-0.1, -0.05) is 323 Å². The molecule has 2 fully saturated rings. The van der Waals surface area contributed by atoms with Gasteiger partial charge in [0.05, 0.1) is 32.0 Å². The highest BCUT2D eigenvalue weighted by molar-refractivity contribution is 5.76. The molecule has 0 aromatic rings. The van der Waals surface area contributed by atoms with Crippen molar-refractivity contribution >= 4 is 5.91 Å². The molecule has 2 rings (SSSR count). The molecule has 0 aromatic heterocycles. The van der Waals surface area contributed by atoms with Crippen LogP contribution >= 0.6 is 0 Å². The number of hydrogen-bond donors (Lipinski definition) is 9. The van der Waals surface area contributed by atoms with Gasteiger partial charge in [-0.15, -0.1) is 0 Å². The molecule has 0 radical (unpaired) electrons. The lowest BCUT2D eigenvalue weighted by Crippen LogP contribution is -2.65. The Kier molecular flexibility index (Phi) is 59.6. The standard InChI is InChI=1S/C81H143NO13/c1-3-5-7-9-11-13-15-17-19-21-23-25-27-29-31-33-35-37-39-41-43-45-47-49-51-53-55-57-59-61-63-65-73(86)82-69(68-92-80-78(91)76(89)79(72(67-84)94-80)95-81-77(90)75(88)74(87)71(66-83)93-81)70(85)64-62-60-58-56-54-52-50-48-46-44-42-40-38-36-34-32-30-28-26-24-22-20-18-16-14-12-10-8-6-4-2/h5,7,11,13,17,19,23,25,29,31,35,37,54,56,62,64,69-72,74-81,83-85,87-91H,3-4,6,8-10,12,14-16,18,20-22,24,26-28,30,32-34,36,38-53,55,57-61,63,65-68H2,1-2H3,(H,82,86)/b7-5-,13-11-,19-17-,25-23-,31-29-,37-35-,56-54+,64-62+. The molecule has 0 aliphatic carbocycles. The monoisotopic (exact) mass is 1340 g/mol. The van der Waals surface area contributed by atoms with Crippen molar-refractivity contribution in [2.45, 2.75) is 389 Å². The maximum absolute atomic E-state index is 13.4. The van der Waals surface area contributed by atoms with Gasteiger partial charge in [0.25, 0.3) is 0 Å². The summed E-state index contributed by atoms with van der Waals surface area (Å²) < 4.78 is 22.9. The zero-order chi connectivity index (χ0) is 68.7. The number of aliphatic hydroxyl groups excluding tert-OH is 8. The van der Waals surface area contributed by atoms with E-state index in [9.17, 15) is 45.6 Å². The molecular formula is C81H143NO13. The highest BCUT2D eigenvalue weighted by Gasteiger charge is 2.51. The first kappa shape index (κ1) is 88.0. The van der Waals surface area contributed by atoms with Gasteiger partial charge in [0.2, 0.25) is 5.91 Å². The van der Waals surface area contributed by atoms with Crippen molar-refractivity contribution in [3.8, 4) is 0 Å². The van der Waals surface area contributed by atoms with E-state index in [-0.39, 0.29) is 18.9 Å². The Balaban J connectivity index is 1.66. The van der Waals surface area contributed by atoms with Gasteiger partial charge in [-0.3, -0.25) is 4.79 Å². The Morgan fingerprint density at radius 2 is 0.737 bits per heavy atom. The summed E-state index contributed by atoms with van der Waals surface area (Å²) in [5, 5.41) is 87.6. The van der Waals surface area contributed by atoms with E-state index in [1.165, 1.54) is 205 Å². The van der Waals surface area contributed by atoms with Crippen LogP contribution in [0, 0.1) is 0 Å². The first-order chi connectivity index (χ1) is 46.6. The van der Waals surface area contributed by atoms with E-state index < -0.39 is 86.8 Å². The van der Waals surface area contributed by atoms with Crippen molar-refractivity contribution in [3.63, 3.8) is 0 Å². The van der Waals surface area contributed by atoms with Crippen LogP contribution in [0.2, 0.25) is 0 Å². The smallest absolute Gasteiger partial charge is 0.220 e. The summed E-state index contributed by atoms with van der Waals surface area (Å²) in [6, 6.07) is -0.941. The van der Waals surface area contributed by atoms with Gasteiger partial charge in [-0.25, -0.2) is 0 Å². The number of carbonyl (C=O) groups is 1. The third-order valence-corrected chi connectivity index (χ3v) is 18.5. The van der Waals surface area contributed by atoms with Crippen LogP contribution in [0.25, 0.3) is 0 Å². The van der Waals surface area contributed by atoms with Crippen molar-refractivity contribution in [3.05, 3.63) is 97.2 Å². The summed E-state index contributed by atoms with van der Waals surface area (Å²) in [7, 11) is 0. The van der Waals surface area contributed by atoms with Gasteiger partial charge in [0.15, 0.2) is 12.6 Å². The van der Waals surface area contributed by atoms with Gasteiger partial charge >= 0.3 is 0 Å². The lowest BCUT2D eigenvalue weighted by Gasteiger charge is -2.46. The van der Waals surface area contributed by atoms with Gasteiger partial charge in [0, 0.05) is 6.42 Å². The Morgan fingerprint density at radius 3 is 1.16 bits per heavy atom. The van der Waals surface area contributed by atoms with Gasteiger partial charge in [-0.05, 0) is 83.5 Å². The molecule has 0 aromatic carbocycles. The molecule has 1 amide bonds. The Bertz CT molecular complexity index is 1970. The fourth-order valence-electron chi connectivity index (χ4n) is 12.4. The number of aliphatic hydroxyl groups is 8. The first-order valence-electron chi connectivity index (χ1n) is 39.0. The van der Waals surface area contributed by atoms with Gasteiger partial charge in [-0.2, -0.15) is 0 Å². The summed E-state index contributed by atoms with van der Waals surface area (Å²) in [6.07, 6.45) is 74.8. The van der Waals surface area contributed by atoms with Crippen LogP contribution in [-0.4, -0.2) is 140 Å². The van der Waals surface area contributed by atoms with E-state index in [4.69, 9.17) is 18.9 Å². The fraction of sp³-hybridized carbons (Fsp3) is 0.790. The molecule has 14 heteroatoms. The maximum Gasteiger partial charge on any atom is 0.220 e. The molecule has 95 heavy (non-hydrogen) atoms. The van der Waals surface area contributed by atoms with Crippen molar-refractivity contribution < 1.29 is 64.6 Å². The van der Waals surface area contributed by atoms with Crippen LogP contribution in [0.5, 0.6) is 0 Å². The fourth-order valence-corrected chi connectivity index (χ4v) is 12.4. The maximum atomic E-state index is 13.4. The van der Waals surface area contributed by atoms with Crippen LogP contribution < -0.4 is 5.32 Å². The van der Waals surface area contributed by atoms with Gasteiger partial charge in [0.1, 0.15) is 48.8 Å². The third-order valence-electron chi connectivity index (χ3n) is 18.5. The largest absolute Gasteiger partial charge is 0.394 e. The Labute approximate surface area is 579 Å². The van der Waals surface area contributed by atoms with Crippen LogP contribution in [0.1, 0.15) is 316 Å². The highest BCUT2D eigenvalue weighted by atomic mass is 16.7. The number of carbonyl (C=O) groups excluding carboxylic acids is 1. The van der Waals surface area contributed by atoms with Crippen molar-refractivity contribution in [1.82, 2.24) is 5.32 Å². The predicted molar refractivity (Wildman–Crippen MR) is 392 cm³/mol. The van der Waals surface area contributed by atoms with Crippen LogP contribution in [0.3, 0.4) is 0 Å². The van der Waals surface area contributed by atoms with E-state index in [2.05, 4.69) is 104 Å². The second kappa shape index (κ2) is 64.3. The molecule has 2 aliphatic rings. The highest BCUT2D eigenvalue weighted by Crippen LogP contribution is 2.30. The molecule has 14 nitrogen and oxygen atoms in total. The minimum absolute atomic E-state index is 0.251. The first-order valence-corrected chi connectivity index (χ1v) is 39.0. The Hall–Kier alpha value is -3.09. The lowest BCUT2D eigenvalue weighted by atomic mass is 9.97. The van der Waals surface area contributed by atoms with E-state index in [1.54, 1.807) is 6.08 Å². The van der Waals surface area contributed by atoms with Crippen molar-refractivity contribution in [1.29, 1.82) is 0 Å². The third kappa shape index (κ3) is 47.6. The average molecular weight is 1340 g/mol. The molecule has 0 saturated carbocycles. The molecule has 2 saturated heterocycles. The molecule has 0 spiro atoms. The summed E-state index contributed by atoms with van der Waals surface area (Å²) in [6.45, 7) is 2.70. The second-order valence-electron chi connectivity index (χ2n) is 27.1. The lowest BCUT2D eigenvalue weighted by molar-refractivity contribution is -0.359. The molecule has 12 unspecified atom stereocenters. The van der Waals surface area contributed by atoms with Crippen molar-refractivity contribution in [2.75, 3.05) is 19.8 Å². The molecule has 550 valence electrons. The summed E-state index contributed by atoms with van der Waals surface area (Å²) in [5.74, 6) is -0.251. The van der Waals surface area contributed by atoms with Crippen LogP contribution in [0.4, 0.5) is 0 Å². The van der Waals surface area contributed by atoms with Gasteiger partial charge < -0.3 is 65.1 Å². The molecule has 12 atom stereocenters. The minimum atomic E-state index is -1.80. The number of nitrogens with one attached hydrogen (secondary N) is 1. The van der Waals surface area contributed by atoms with E-state index >= 15 is 0 Å². The molecule has 2 aliphatic heterocycles. The molecule has 9 N–H and O–H groups in total. The minimum Gasteiger partial charge on any atom is -0.394 e.